The van der Waals surface area contributed by atoms with Gasteiger partial charge in [-0.25, -0.2) is 0 Å². The molecule has 2 N–H and O–H groups in total. The Morgan fingerprint density at radius 3 is 2.19 bits per heavy atom. The van der Waals surface area contributed by atoms with Crippen molar-refractivity contribution in [2.75, 3.05) is 0 Å². The normalized spacial score (nSPS) is 10.5. The van der Waals surface area contributed by atoms with Gasteiger partial charge in [0.2, 0.25) is 0 Å². The van der Waals surface area contributed by atoms with Gasteiger partial charge in [0.05, 0.1) is 6.42 Å². The van der Waals surface area contributed by atoms with E-state index >= 15 is 0 Å². The van der Waals surface area contributed by atoms with Gasteiger partial charge in [-0.05, 0) is 28.7 Å². The Bertz CT molecular complexity index is 590. The third-order valence-corrected chi connectivity index (χ3v) is 3.52. The van der Waals surface area contributed by atoms with Gasteiger partial charge < -0.3 is 10.4 Å². The first kappa shape index (κ1) is 15.3. The maximum atomic E-state index is 10.6. The zero-order chi connectivity index (χ0) is 15.1. The van der Waals surface area contributed by atoms with E-state index in [0.29, 0.717) is 0 Å². The average Bonchev–Trinajstić information content (AvgIpc) is 2.49. The lowest BCUT2D eigenvalue weighted by atomic mass is 10.1. The molecular formula is C18H21NO2. The Balaban J connectivity index is 1.87. The lowest BCUT2D eigenvalue weighted by molar-refractivity contribution is -0.136. The zero-order valence-electron chi connectivity index (χ0n) is 12.3. The number of nitrogens with one attached hydrogen (secondary N) is 1. The van der Waals surface area contributed by atoms with Crippen molar-refractivity contribution in [2.45, 2.75) is 32.9 Å². The molecule has 0 unspecified atom stereocenters. The second kappa shape index (κ2) is 7.60. The van der Waals surface area contributed by atoms with E-state index in [2.05, 4.69) is 36.5 Å². The Hall–Kier alpha value is -2.13. The summed E-state index contributed by atoms with van der Waals surface area (Å²) in [4.78, 5) is 10.6. The highest BCUT2D eigenvalue weighted by Crippen LogP contribution is 2.10. The number of hydrogen-bond donors (Lipinski definition) is 2. The van der Waals surface area contributed by atoms with Crippen molar-refractivity contribution in [1.82, 2.24) is 5.32 Å². The summed E-state index contributed by atoms with van der Waals surface area (Å²) in [5.74, 6) is -0.794. The fraction of sp³-hybridized carbons (Fsp3) is 0.278. The molecule has 0 aromatic heterocycles. The van der Waals surface area contributed by atoms with Crippen LogP contribution in [0.1, 0.15) is 29.2 Å². The van der Waals surface area contributed by atoms with E-state index in [4.69, 9.17) is 5.11 Å². The van der Waals surface area contributed by atoms with Crippen molar-refractivity contribution in [1.29, 1.82) is 0 Å². The second-order valence-electron chi connectivity index (χ2n) is 5.11. The van der Waals surface area contributed by atoms with Crippen LogP contribution in [0, 0.1) is 0 Å². The summed E-state index contributed by atoms with van der Waals surface area (Å²) >= 11 is 0. The van der Waals surface area contributed by atoms with Gasteiger partial charge in [-0.3, -0.25) is 4.79 Å². The summed E-state index contributed by atoms with van der Waals surface area (Å²) in [5.41, 5.74) is 4.71. The van der Waals surface area contributed by atoms with Crippen molar-refractivity contribution in [3.05, 3.63) is 70.8 Å². The number of carbonyl (C=O) groups is 1. The number of aliphatic carboxylic acids is 1. The Morgan fingerprint density at radius 1 is 0.952 bits per heavy atom. The molecule has 2 aromatic carbocycles. The molecule has 0 amide bonds. The van der Waals surface area contributed by atoms with E-state index in [-0.39, 0.29) is 6.42 Å². The van der Waals surface area contributed by atoms with Gasteiger partial charge in [-0.2, -0.15) is 0 Å². The van der Waals surface area contributed by atoms with Crippen LogP contribution < -0.4 is 5.32 Å². The Kier molecular flexibility index (Phi) is 5.52. The molecule has 2 aromatic rings. The van der Waals surface area contributed by atoms with E-state index in [9.17, 15) is 4.79 Å². The van der Waals surface area contributed by atoms with E-state index in [0.717, 1.165) is 30.6 Å². The maximum absolute atomic E-state index is 10.6. The van der Waals surface area contributed by atoms with Crippen molar-refractivity contribution in [2.24, 2.45) is 0 Å². The SMILES string of the molecule is CCc1ccccc1CNCc1ccc(CC(=O)O)cc1. The fourth-order valence-corrected chi connectivity index (χ4v) is 2.37. The van der Waals surface area contributed by atoms with Crippen molar-refractivity contribution in [3.63, 3.8) is 0 Å². The predicted octanol–water partition coefficient (Wildman–Crippen LogP) is 3.17. The summed E-state index contributed by atoms with van der Waals surface area (Å²) in [5, 5.41) is 12.2. The molecule has 110 valence electrons. The number of rotatable bonds is 7. The van der Waals surface area contributed by atoms with Gasteiger partial charge in [0.1, 0.15) is 0 Å². The van der Waals surface area contributed by atoms with Gasteiger partial charge >= 0.3 is 5.97 Å². The molecule has 21 heavy (non-hydrogen) atoms. The molecule has 3 heteroatoms. The van der Waals surface area contributed by atoms with E-state index in [1.807, 2.05) is 24.3 Å². The highest BCUT2D eigenvalue weighted by Gasteiger charge is 2.01. The van der Waals surface area contributed by atoms with Crippen LogP contribution in [0.5, 0.6) is 0 Å². The topological polar surface area (TPSA) is 49.3 Å². The van der Waals surface area contributed by atoms with Crippen LogP contribution in [0.2, 0.25) is 0 Å². The summed E-state index contributed by atoms with van der Waals surface area (Å²) in [7, 11) is 0. The van der Waals surface area contributed by atoms with Crippen LogP contribution in [0.25, 0.3) is 0 Å². The third-order valence-electron chi connectivity index (χ3n) is 3.52. The lowest BCUT2D eigenvalue weighted by Crippen LogP contribution is -2.14. The van der Waals surface area contributed by atoms with Crippen LogP contribution in [0.4, 0.5) is 0 Å². The third kappa shape index (κ3) is 4.72. The maximum Gasteiger partial charge on any atom is 0.307 e. The van der Waals surface area contributed by atoms with Crippen LogP contribution in [0.15, 0.2) is 48.5 Å². The Morgan fingerprint density at radius 2 is 1.57 bits per heavy atom. The van der Waals surface area contributed by atoms with E-state index in [1.165, 1.54) is 11.1 Å². The molecule has 0 saturated heterocycles. The molecule has 0 bridgehead atoms. The van der Waals surface area contributed by atoms with Gasteiger partial charge in [-0.1, -0.05) is 55.5 Å². The molecule has 0 fully saturated rings. The second-order valence-corrected chi connectivity index (χ2v) is 5.11. The minimum absolute atomic E-state index is 0.0809. The highest BCUT2D eigenvalue weighted by atomic mass is 16.4. The predicted molar refractivity (Wildman–Crippen MR) is 84.1 cm³/mol. The molecule has 3 nitrogen and oxygen atoms in total. The molecular weight excluding hydrogens is 262 g/mol. The Labute approximate surface area is 125 Å². The number of aryl methyl sites for hydroxylation is 1. The highest BCUT2D eigenvalue weighted by molar-refractivity contribution is 5.70. The molecule has 0 atom stereocenters. The first-order valence-electron chi connectivity index (χ1n) is 7.26. The van der Waals surface area contributed by atoms with Crippen LogP contribution in [-0.4, -0.2) is 11.1 Å². The summed E-state index contributed by atoms with van der Waals surface area (Å²) < 4.78 is 0. The van der Waals surface area contributed by atoms with Crippen molar-refractivity contribution < 1.29 is 9.90 Å². The van der Waals surface area contributed by atoms with E-state index < -0.39 is 5.97 Å². The number of carboxylic acids is 1. The molecule has 0 spiro atoms. The smallest absolute Gasteiger partial charge is 0.307 e. The fourth-order valence-electron chi connectivity index (χ4n) is 2.37. The lowest BCUT2D eigenvalue weighted by Gasteiger charge is -2.09. The molecule has 0 saturated carbocycles. The quantitative estimate of drug-likeness (QED) is 0.820. The number of hydrogen-bond acceptors (Lipinski definition) is 2. The first-order valence-corrected chi connectivity index (χ1v) is 7.26. The summed E-state index contributed by atoms with van der Waals surface area (Å²) in [6.07, 6.45) is 1.12. The molecule has 0 radical (unpaired) electrons. The summed E-state index contributed by atoms with van der Waals surface area (Å²) in [6.45, 7) is 3.80. The average molecular weight is 283 g/mol. The molecule has 0 aliphatic carbocycles. The minimum atomic E-state index is -0.794. The van der Waals surface area contributed by atoms with Gasteiger partial charge in [0, 0.05) is 13.1 Å². The molecule has 2 rings (SSSR count). The summed E-state index contributed by atoms with van der Waals surface area (Å²) in [6, 6.07) is 16.2. The van der Waals surface area contributed by atoms with Gasteiger partial charge in [-0.15, -0.1) is 0 Å². The zero-order valence-corrected chi connectivity index (χ0v) is 12.3. The van der Waals surface area contributed by atoms with Gasteiger partial charge in [0.25, 0.3) is 0 Å². The van der Waals surface area contributed by atoms with Crippen LogP contribution in [0.3, 0.4) is 0 Å². The van der Waals surface area contributed by atoms with Crippen LogP contribution >= 0.6 is 0 Å². The minimum Gasteiger partial charge on any atom is -0.481 e. The monoisotopic (exact) mass is 283 g/mol. The molecule has 0 aliphatic rings. The molecule has 0 heterocycles. The van der Waals surface area contributed by atoms with Crippen molar-refractivity contribution in [3.8, 4) is 0 Å². The molecule has 0 aliphatic heterocycles. The largest absolute Gasteiger partial charge is 0.481 e. The number of carboxylic acid groups (broad SMARTS) is 1. The van der Waals surface area contributed by atoms with Crippen LogP contribution in [-0.2, 0) is 30.7 Å². The standard InChI is InChI=1S/C18H21NO2/c1-2-16-5-3-4-6-17(16)13-19-12-15-9-7-14(8-10-15)11-18(20)21/h3-10,19H,2,11-13H2,1H3,(H,20,21). The first-order chi connectivity index (χ1) is 10.2. The van der Waals surface area contributed by atoms with Crippen molar-refractivity contribution >= 4 is 5.97 Å². The van der Waals surface area contributed by atoms with Gasteiger partial charge in [0.15, 0.2) is 0 Å². The number of benzene rings is 2. The van der Waals surface area contributed by atoms with E-state index in [1.54, 1.807) is 0 Å².